The topological polar surface area (TPSA) is 62.7 Å². The molecule has 5 heteroatoms. The number of H-pyrrole nitrogens is 1. The number of aromatic nitrogens is 3. The van der Waals surface area contributed by atoms with Crippen molar-refractivity contribution < 1.29 is 4.79 Å². The van der Waals surface area contributed by atoms with Gasteiger partial charge in [-0.15, -0.1) is 0 Å². The first-order chi connectivity index (χ1) is 7.59. The lowest BCUT2D eigenvalue weighted by atomic mass is 10.3. The second kappa shape index (κ2) is 3.84. The van der Waals surface area contributed by atoms with Crippen LogP contribution in [0.25, 0.3) is 0 Å². The number of hydrogen-bond acceptors (Lipinski definition) is 2. The van der Waals surface area contributed by atoms with E-state index in [9.17, 15) is 4.79 Å². The highest BCUT2D eigenvalue weighted by atomic mass is 16.1. The Kier molecular flexibility index (Phi) is 2.52. The lowest BCUT2D eigenvalue weighted by Crippen LogP contribution is -2.16. The molecule has 0 unspecified atom stereocenters. The van der Waals surface area contributed by atoms with Crippen LogP contribution in [-0.2, 0) is 7.05 Å². The van der Waals surface area contributed by atoms with Gasteiger partial charge in [-0.1, -0.05) is 0 Å². The van der Waals surface area contributed by atoms with Crippen molar-refractivity contribution in [3.8, 4) is 0 Å². The van der Waals surface area contributed by atoms with Gasteiger partial charge in [-0.3, -0.25) is 9.89 Å². The van der Waals surface area contributed by atoms with Crippen LogP contribution in [0, 0.1) is 13.8 Å². The van der Waals surface area contributed by atoms with E-state index in [1.165, 1.54) is 0 Å². The van der Waals surface area contributed by atoms with Gasteiger partial charge < -0.3 is 9.88 Å². The highest BCUT2D eigenvalue weighted by Gasteiger charge is 2.13. The SMILES string of the molecule is Cc1n[nH]c(C)c1NC(=O)c1cccn1C. The summed E-state index contributed by atoms with van der Waals surface area (Å²) >= 11 is 0. The number of rotatable bonds is 2. The highest BCUT2D eigenvalue weighted by Crippen LogP contribution is 2.17. The Balaban J connectivity index is 2.24. The van der Waals surface area contributed by atoms with Crippen molar-refractivity contribution in [2.24, 2.45) is 7.05 Å². The molecule has 0 aliphatic carbocycles. The van der Waals surface area contributed by atoms with E-state index in [-0.39, 0.29) is 5.91 Å². The number of amides is 1. The third-order valence-electron chi connectivity index (χ3n) is 2.54. The van der Waals surface area contributed by atoms with Crippen molar-refractivity contribution in [1.29, 1.82) is 0 Å². The van der Waals surface area contributed by atoms with Gasteiger partial charge in [0.1, 0.15) is 5.69 Å². The van der Waals surface area contributed by atoms with E-state index in [0.29, 0.717) is 5.69 Å². The Hall–Kier alpha value is -2.04. The van der Waals surface area contributed by atoms with E-state index in [2.05, 4.69) is 15.5 Å². The van der Waals surface area contributed by atoms with Gasteiger partial charge in [0.15, 0.2) is 0 Å². The quantitative estimate of drug-likeness (QED) is 0.804. The predicted octanol–water partition coefficient (Wildman–Crippen LogP) is 1.62. The second-order valence-electron chi connectivity index (χ2n) is 3.77. The van der Waals surface area contributed by atoms with Gasteiger partial charge in [-0.25, -0.2) is 0 Å². The average molecular weight is 218 g/mol. The molecule has 0 aliphatic heterocycles. The number of hydrogen-bond donors (Lipinski definition) is 2. The summed E-state index contributed by atoms with van der Waals surface area (Å²) in [6, 6.07) is 3.62. The number of aromatic amines is 1. The van der Waals surface area contributed by atoms with Gasteiger partial charge >= 0.3 is 0 Å². The van der Waals surface area contributed by atoms with E-state index >= 15 is 0 Å². The predicted molar refractivity (Wildman–Crippen MR) is 61.4 cm³/mol. The fourth-order valence-corrected chi connectivity index (χ4v) is 1.61. The van der Waals surface area contributed by atoms with Gasteiger partial charge in [-0.2, -0.15) is 5.10 Å². The Bertz CT molecular complexity index is 504. The molecule has 2 aromatic heterocycles. The summed E-state index contributed by atoms with van der Waals surface area (Å²) in [5.74, 6) is -0.125. The molecule has 0 saturated heterocycles. The minimum atomic E-state index is -0.125. The van der Waals surface area contributed by atoms with Crippen LogP contribution < -0.4 is 5.32 Å². The molecule has 2 heterocycles. The first-order valence-electron chi connectivity index (χ1n) is 5.04. The molecule has 84 valence electrons. The molecule has 0 aromatic carbocycles. The number of anilines is 1. The number of nitrogens with zero attached hydrogens (tertiary/aromatic N) is 2. The van der Waals surface area contributed by atoms with Crippen LogP contribution in [0.2, 0.25) is 0 Å². The molecular formula is C11H14N4O. The van der Waals surface area contributed by atoms with E-state index < -0.39 is 0 Å². The molecule has 2 N–H and O–H groups in total. The monoisotopic (exact) mass is 218 g/mol. The van der Waals surface area contributed by atoms with Crippen molar-refractivity contribution in [2.45, 2.75) is 13.8 Å². The van der Waals surface area contributed by atoms with Gasteiger partial charge in [0.2, 0.25) is 0 Å². The molecule has 0 aliphatic rings. The van der Waals surface area contributed by atoms with Gasteiger partial charge in [0, 0.05) is 13.2 Å². The summed E-state index contributed by atoms with van der Waals surface area (Å²) < 4.78 is 1.78. The number of carbonyl (C=O) groups excluding carboxylic acids is 1. The zero-order valence-corrected chi connectivity index (χ0v) is 9.53. The highest BCUT2D eigenvalue weighted by molar-refractivity contribution is 6.03. The van der Waals surface area contributed by atoms with Crippen LogP contribution >= 0.6 is 0 Å². The summed E-state index contributed by atoms with van der Waals surface area (Å²) in [6.45, 7) is 3.73. The number of nitrogens with one attached hydrogen (secondary N) is 2. The first-order valence-corrected chi connectivity index (χ1v) is 5.04. The molecule has 0 bridgehead atoms. The molecule has 0 fully saturated rings. The summed E-state index contributed by atoms with van der Waals surface area (Å²) in [6.07, 6.45) is 1.84. The number of carbonyl (C=O) groups is 1. The second-order valence-corrected chi connectivity index (χ2v) is 3.77. The molecule has 0 radical (unpaired) electrons. The Morgan fingerprint density at radius 2 is 2.25 bits per heavy atom. The third kappa shape index (κ3) is 1.71. The fourth-order valence-electron chi connectivity index (χ4n) is 1.61. The van der Waals surface area contributed by atoms with Crippen molar-refractivity contribution in [3.05, 3.63) is 35.4 Å². The smallest absolute Gasteiger partial charge is 0.272 e. The maximum Gasteiger partial charge on any atom is 0.272 e. The van der Waals surface area contributed by atoms with Crippen LogP contribution in [0.4, 0.5) is 5.69 Å². The van der Waals surface area contributed by atoms with E-state index in [1.807, 2.05) is 33.2 Å². The maximum absolute atomic E-state index is 11.9. The minimum Gasteiger partial charge on any atom is -0.347 e. The van der Waals surface area contributed by atoms with Crippen LogP contribution in [-0.4, -0.2) is 20.7 Å². The molecule has 16 heavy (non-hydrogen) atoms. The Morgan fingerprint density at radius 1 is 1.50 bits per heavy atom. The molecule has 5 nitrogen and oxygen atoms in total. The van der Waals surface area contributed by atoms with Crippen LogP contribution in [0.3, 0.4) is 0 Å². The molecule has 0 spiro atoms. The zero-order chi connectivity index (χ0) is 11.7. The van der Waals surface area contributed by atoms with Crippen molar-refractivity contribution in [3.63, 3.8) is 0 Å². The van der Waals surface area contributed by atoms with Gasteiger partial charge in [0.25, 0.3) is 5.91 Å². The standard InChI is InChI=1S/C11H14N4O/c1-7-10(8(2)14-13-7)12-11(16)9-5-4-6-15(9)3/h4-6H,1-3H3,(H,12,16)(H,13,14). The lowest BCUT2D eigenvalue weighted by Gasteiger charge is -2.05. The molecule has 1 amide bonds. The lowest BCUT2D eigenvalue weighted by molar-refractivity contribution is 0.101. The Morgan fingerprint density at radius 3 is 2.75 bits per heavy atom. The fraction of sp³-hybridized carbons (Fsp3) is 0.273. The van der Waals surface area contributed by atoms with Crippen LogP contribution in [0.1, 0.15) is 21.9 Å². The maximum atomic E-state index is 11.9. The van der Waals surface area contributed by atoms with E-state index in [4.69, 9.17) is 0 Å². The summed E-state index contributed by atoms with van der Waals surface area (Å²) in [4.78, 5) is 11.9. The number of aryl methyl sites for hydroxylation is 3. The first kappa shape index (κ1) is 10.5. The summed E-state index contributed by atoms with van der Waals surface area (Å²) in [5.41, 5.74) is 3.03. The molecule has 2 aromatic rings. The zero-order valence-electron chi connectivity index (χ0n) is 9.53. The van der Waals surface area contributed by atoms with E-state index in [0.717, 1.165) is 17.1 Å². The van der Waals surface area contributed by atoms with E-state index in [1.54, 1.807) is 10.6 Å². The average Bonchev–Trinajstić information content (AvgIpc) is 2.79. The van der Waals surface area contributed by atoms with Crippen LogP contribution in [0.5, 0.6) is 0 Å². The Labute approximate surface area is 93.5 Å². The molecule has 0 atom stereocenters. The minimum absolute atomic E-state index is 0.125. The van der Waals surface area contributed by atoms with Crippen LogP contribution in [0.15, 0.2) is 18.3 Å². The van der Waals surface area contributed by atoms with Gasteiger partial charge in [0.05, 0.1) is 17.1 Å². The third-order valence-corrected chi connectivity index (χ3v) is 2.54. The van der Waals surface area contributed by atoms with Crippen molar-refractivity contribution >= 4 is 11.6 Å². The molecule has 2 rings (SSSR count). The van der Waals surface area contributed by atoms with Crippen molar-refractivity contribution in [1.82, 2.24) is 14.8 Å². The normalized spacial score (nSPS) is 10.4. The van der Waals surface area contributed by atoms with Crippen molar-refractivity contribution in [2.75, 3.05) is 5.32 Å². The summed E-state index contributed by atoms with van der Waals surface area (Å²) in [5, 5.41) is 9.71. The molecular weight excluding hydrogens is 204 g/mol. The molecule has 0 saturated carbocycles. The largest absolute Gasteiger partial charge is 0.347 e. The van der Waals surface area contributed by atoms with Gasteiger partial charge in [-0.05, 0) is 26.0 Å². The summed E-state index contributed by atoms with van der Waals surface area (Å²) in [7, 11) is 1.84.